The van der Waals surface area contributed by atoms with Gasteiger partial charge in [0.2, 0.25) is 0 Å². The van der Waals surface area contributed by atoms with Crippen LogP contribution in [0.25, 0.3) is 0 Å². The van der Waals surface area contributed by atoms with Crippen molar-refractivity contribution in [1.29, 1.82) is 0 Å². The molecule has 3 rings (SSSR count). The van der Waals surface area contributed by atoms with E-state index in [0.717, 1.165) is 24.9 Å². The van der Waals surface area contributed by atoms with Gasteiger partial charge in [-0.25, -0.2) is 0 Å². The summed E-state index contributed by atoms with van der Waals surface area (Å²) in [6, 6.07) is 9.30. The molecular weight excluding hydrogens is 356 g/mol. The summed E-state index contributed by atoms with van der Waals surface area (Å²) in [6.07, 6.45) is 18.1. The number of rotatable bonds is 11. The fourth-order valence-corrected chi connectivity index (χ4v) is 5.15. The Morgan fingerprint density at radius 3 is 2.00 bits per heavy atom. The Labute approximate surface area is 179 Å². The van der Waals surface area contributed by atoms with Crippen LogP contribution in [0.1, 0.15) is 120 Å². The van der Waals surface area contributed by atoms with Crippen LogP contribution in [0, 0.1) is 5.92 Å². The second kappa shape index (κ2) is 12.7. The normalized spacial score (nSPS) is 27.8. The number of hydrogen-bond donors (Lipinski definition) is 0. The molecule has 0 amide bonds. The lowest BCUT2D eigenvalue weighted by Gasteiger charge is -2.31. The van der Waals surface area contributed by atoms with Crippen molar-refractivity contribution in [3.8, 4) is 0 Å². The fourth-order valence-electron chi connectivity index (χ4n) is 5.15. The topological polar surface area (TPSA) is 18.5 Å². The lowest BCUT2D eigenvalue weighted by Crippen LogP contribution is -2.31. The first kappa shape index (κ1) is 22.8. The highest BCUT2D eigenvalue weighted by Gasteiger charge is 2.25. The molecule has 2 fully saturated rings. The third kappa shape index (κ3) is 7.40. The van der Waals surface area contributed by atoms with Crippen LogP contribution in [0.15, 0.2) is 24.3 Å². The minimum atomic E-state index is 0.116. The van der Waals surface area contributed by atoms with Crippen LogP contribution in [-0.2, 0) is 9.47 Å². The predicted molar refractivity (Wildman–Crippen MR) is 122 cm³/mol. The molecule has 2 heteroatoms. The quantitative estimate of drug-likeness (QED) is 0.351. The molecule has 29 heavy (non-hydrogen) atoms. The van der Waals surface area contributed by atoms with Gasteiger partial charge in [0.05, 0.1) is 19.3 Å². The van der Waals surface area contributed by atoms with Gasteiger partial charge in [0.1, 0.15) is 6.10 Å². The number of hydrogen-bond acceptors (Lipinski definition) is 2. The molecule has 0 spiro atoms. The van der Waals surface area contributed by atoms with E-state index < -0.39 is 0 Å². The standard InChI is InChI=1S/C27H44O2/c1-3-5-7-9-10-22-12-14-23(15-13-22)24-16-18-25(19-17-24)27-21-28-26(20-29-27)11-8-6-4-2/h16-19,22-23,26-27H,3-15,20-21H2,1-2H3/t22?,23?,26-,27-/m0/s1. The van der Waals surface area contributed by atoms with Gasteiger partial charge in [-0.2, -0.15) is 0 Å². The average Bonchev–Trinajstić information content (AvgIpc) is 2.78. The van der Waals surface area contributed by atoms with Crippen LogP contribution in [-0.4, -0.2) is 19.3 Å². The van der Waals surface area contributed by atoms with Crippen molar-refractivity contribution in [3.05, 3.63) is 35.4 Å². The van der Waals surface area contributed by atoms with Gasteiger partial charge in [-0.15, -0.1) is 0 Å². The molecule has 2 nitrogen and oxygen atoms in total. The summed E-state index contributed by atoms with van der Waals surface area (Å²) in [4.78, 5) is 0. The van der Waals surface area contributed by atoms with E-state index in [9.17, 15) is 0 Å². The molecule has 0 N–H and O–H groups in total. The predicted octanol–water partition coefficient (Wildman–Crippen LogP) is 7.97. The highest BCUT2D eigenvalue weighted by Crippen LogP contribution is 2.38. The number of ether oxygens (including phenoxy) is 2. The van der Waals surface area contributed by atoms with E-state index in [-0.39, 0.29) is 6.10 Å². The van der Waals surface area contributed by atoms with E-state index in [4.69, 9.17) is 9.47 Å². The van der Waals surface area contributed by atoms with Crippen LogP contribution < -0.4 is 0 Å². The monoisotopic (exact) mass is 400 g/mol. The molecule has 1 aromatic carbocycles. The first-order valence-corrected chi connectivity index (χ1v) is 12.6. The molecule has 0 radical (unpaired) electrons. The first-order chi connectivity index (χ1) is 14.3. The molecule has 1 saturated heterocycles. The third-order valence-electron chi connectivity index (χ3n) is 7.19. The Morgan fingerprint density at radius 2 is 1.34 bits per heavy atom. The summed E-state index contributed by atoms with van der Waals surface area (Å²) < 4.78 is 12.2. The molecule has 164 valence electrons. The van der Waals surface area contributed by atoms with Gasteiger partial charge >= 0.3 is 0 Å². The van der Waals surface area contributed by atoms with Crippen LogP contribution in [0.3, 0.4) is 0 Å². The van der Waals surface area contributed by atoms with Gasteiger partial charge in [0, 0.05) is 0 Å². The largest absolute Gasteiger partial charge is 0.373 e. The van der Waals surface area contributed by atoms with Gasteiger partial charge in [-0.05, 0) is 55.1 Å². The van der Waals surface area contributed by atoms with Gasteiger partial charge in [0.25, 0.3) is 0 Å². The summed E-state index contributed by atoms with van der Waals surface area (Å²) in [5.74, 6) is 1.75. The number of unbranched alkanes of at least 4 members (excludes halogenated alkanes) is 5. The van der Waals surface area contributed by atoms with Crippen molar-refractivity contribution in [1.82, 2.24) is 0 Å². The molecular formula is C27H44O2. The minimum Gasteiger partial charge on any atom is -0.373 e. The van der Waals surface area contributed by atoms with Crippen molar-refractivity contribution < 1.29 is 9.47 Å². The zero-order valence-corrected chi connectivity index (χ0v) is 19.0. The van der Waals surface area contributed by atoms with Gasteiger partial charge in [-0.1, -0.05) is 89.5 Å². The molecule has 2 atom stereocenters. The molecule has 1 saturated carbocycles. The van der Waals surface area contributed by atoms with Gasteiger partial charge < -0.3 is 9.47 Å². The number of benzene rings is 1. The van der Waals surface area contributed by atoms with E-state index in [1.54, 1.807) is 0 Å². The lowest BCUT2D eigenvalue weighted by molar-refractivity contribution is -0.137. The van der Waals surface area contributed by atoms with Crippen molar-refractivity contribution in [2.75, 3.05) is 13.2 Å². The molecule has 1 heterocycles. The van der Waals surface area contributed by atoms with Crippen molar-refractivity contribution in [2.24, 2.45) is 5.92 Å². The van der Waals surface area contributed by atoms with Crippen molar-refractivity contribution >= 4 is 0 Å². The summed E-state index contributed by atoms with van der Waals surface area (Å²) in [6.45, 7) is 6.01. The molecule has 0 aromatic heterocycles. The zero-order chi connectivity index (χ0) is 20.3. The third-order valence-corrected chi connectivity index (χ3v) is 7.19. The summed E-state index contributed by atoms with van der Waals surface area (Å²) in [5.41, 5.74) is 2.82. The van der Waals surface area contributed by atoms with Crippen LogP contribution >= 0.6 is 0 Å². The van der Waals surface area contributed by atoms with Crippen LogP contribution in [0.4, 0.5) is 0 Å². The van der Waals surface area contributed by atoms with Crippen molar-refractivity contribution in [2.45, 2.75) is 115 Å². The Hall–Kier alpha value is -0.860. The van der Waals surface area contributed by atoms with Gasteiger partial charge in [-0.3, -0.25) is 0 Å². The Bertz CT molecular complexity index is 536. The smallest absolute Gasteiger partial charge is 0.106 e. The highest BCUT2D eigenvalue weighted by atomic mass is 16.6. The van der Waals surface area contributed by atoms with Gasteiger partial charge in [0.15, 0.2) is 0 Å². The molecule has 1 aliphatic carbocycles. The van der Waals surface area contributed by atoms with Crippen LogP contribution in [0.5, 0.6) is 0 Å². The van der Waals surface area contributed by atoms with Crippen molar-refractivity contribution in [3.63, 3.8) is 0 Å². The van der Waals surface area contributed by atoms with E-state index in [1.165, 1.54) is 88.2 Å². The maximum atomic E-state index is 6.14. The maximum absolute atomic E-state index is 6.14. The lowest BCUT2D eigenvalue weighted by atomic mass is 9.77. The SMILES string of the molecule is CCCCCCC1CCC(c2ccc([C@@H]3CO[C@@H](CCCCC)CO3)cc2)CC1. The molecule has 0 bridgehead atoms. The second-order valence-electron chi connectivity index (χ2n) is 9.51. The summed E-state index contributed by atoms with van der Waals surface area (Å²) >= 11 is 0. The van der Waals surface area contributed by atoms with E-state index in [1.807, 2.05) is 0 Å². The van der Waals surface area contributed by atoms with E-state index in [0.29, 0.717) is 12.7 Å². The summed E-state index contributed by atoms with van der Waals surface area (Å²) in [7, 11) is 0. The maximum Gasteiger partial charge on any atom is 0.106 e. The van der Waals surface area contributed by atoms with Crippen LogP contribution in [0.2, 0.25) is 0 Å². The zero-order valence-electron chi connectivity index (χ0n) is 19.0. The highest BCUT2D eigenvalue weighted by molar-refractivity contribution is 5.27. The first-order valence-electron chi connectivity index (χ1n) is 12.6. The summed E-state index contributed by atoms with van der Waals surface area (Å²) in [5, 5.41) is 0. The average molecular weight is 401 g/mol. The molecule has 1 aliphatic heterocycles. The van der Waals surface area contributed by atoms with E-state index >= 15 is 0 Å². The Balaban J connectivity index is 1.38. The molecule has 1 aromatic rings. The van der Waals surface area contributed by atoms with E-state index in [2.05, 4.69) is 38.1 Å². The minimum absolute atomic E-state index is 0.116. The molecule has 2 aliphatic rings. The molecule has 0 unspecified atom stereocenters. The Kier molecular flexibility index (Phi) is 10.0. The fraction of sp³-hybridized carbons (Fsp3) is 0.778. The Morgan fingerprint density at radius 1 is 0.690 bits per heavy atom. The second-order valence-corrected chi connectivity index (χ2v) is 9.51.